The summed E-state index contributed by atoms with van der Waals surface area (Å²) in [5.74, 6) is 0. The number of nitrogens with zero attached hydrogens (tertiary/aromatic N) is 2. The van der Waals surface area contributed by atoms with Crippen LogP contribution in [0.15, 0.2) is 46.7 Å². The highest BCUT2D eigenvalue weighted by Crippen LogP contribution is 2.20. The molecule has 0 aliphatic rings. The second-order valence-electron chi connectivity index (χ2n) is 4.39. The van der Waals surface area contributed by atoms with E-state index in [4.69, 9.17) is 23.2 Å². The van der Waals surface area contributed by atoms with Crippen LogP contribution in [0.3, 0.4) is 0 Å². The first-order valence-corrected chi connectivity index (χ1v) is 7.97. The van der Waals surface area contributed by atoms with E-state index in [-0.39, 0.29) is 5.17 Å². The second kappa shape index (κ2) is 7.02. The fourth-order valence-corrected chi connectivity index (χ4v) is 2.99. The van der Waals surface area contributed by atoms with E-state index in [1.807, 2.05) is 26.0 Å². The smallest absolute Gasteiger partial charge is 0.166 e. The van der Waals surface area contributed by atoms with E-state index in [0.717, 1.165) is 11.1 Å². The molecule has 0 aliphatic carbocycles. The Morgan fingerprint density at radius 2 is 1.90 bits per heavy atom. The summed E-state index contributed by atoms with van der Waals surface area (Å²) in [6, 6.07) is 7.30. The van der Waals surface area contributed by atoms with Crippen LogP contribution in [-0.2, 0) is 11.0 Å². The van der Waals surface area contributed by atoms with Gasteiger partial charge in [-0.2, -0.15) is 5.10 Å². The molecule has 2 rings (SSSR count). The molecular formula is C14H13Cl2N3OS. The number of aromatic nitrogens is 1. The molecule has 1 aromatic carbocycles. The zero-order valence-electron chi connectivity index (χ0n) is 11.4. The van der Waals surface area contributed by atoms with Crippen molar-refractivity contribution in [1.29, 1.82) is 0 Å². The first-order chi connectivity index (χ1) is 9.99. The summed E-state index contributed by atoms with van der Waals surface area (Å²) in [7, 11) is -1.48. The number of nitrogens with one attached hydrogen (secondary N) is 1. The standard InChI is InChI=1S/C14H13Cl2N3OS/c1-9-3-5-11(6-4-9)21(20)19-18-14(16)13-10(2)7-17-8-12(13)15/h3-8,19H,1-2H3/b18-14-. The maximum atomic E-state index is 12.1. The van der Waals surface area contributed by atoms with Crippen molar-refractivity contribution in [2.75, 3.05) is 0 Å². The van der Waals surface area contributed by atoms with Crippen molar-refractivity contribution >= 4 is 39.4 Å². The average molecular weight is 342 g/mol. The molecule has 0 spiro atoms. The van der Waals surface area contributed by atoms with Gasteiger partial charge in [0.2, 0.25) is 0 Å². The molecule has 0 bridgehead atoms. The fraction of sp³-hybridized carbons (Fsp3) is 0.143. The molecule has 1 unspecified atom stereocenters. The molecule has 0 aliphatic heterocycles. The lowest BCUT2D eigenvalue weighted by Crippen LogP contribution is -2.13. The third-order valence-electron chi connectivity index (χ3n) is 2.76. The molecule has 4 nitrogen and oxygen atoms in total. The van der Waals surface area contributed by atoms with E-state index >= 15 is 0 Å². The Kier molecular flexibility index (Phi) is 5.33. The predicted molar refractivity (Wildman–Crippen MR) is 87.1 cm³/mol. The third kappa shape index (κ3) is 4.03. The van der Waals surface area contributed by atoms with Gasteiger partial charge in [-0.05, 0) is 31.5 Å². The normalized spacial score (nSPS) is 13.0. The third-order valence-corrected chi connectivity index (χ3v) is 4.27. The van der Waals surface area contributed by atoms with Crippen LogP contribution >= 0.6 is 23.2 Å². The van der Waals surface area contributed by atoms with Crippen molar-refractivity contribution in [3.63, 3.8) is 0 Å². The highest BCUT2D eigenvalue weighted by Gasteiger charge is 2.10. The van der Waals surface area contributed by atoms with Gasteiger partial charge in [0.1, 0.15) is 0 Å². The first kappa shape index (κ1) is 15.9. The summed E-state index contributed by atoms with van der Waals surface area (Å²) in [5, 5.41) is 4.47. The van der Waals surface area contributed by atoms with Gasteiger partial charge in [0, 0.05) is 18.0 Å². The van der Waals surface area contributed by atoms with Gasteiger partial charge in [0.05, 0.1) is 9.92 Å². The van der Waals surface area contributed by atoms with Gasteiger partial charge in [0.25, 0.3) is 0 Å². The van der Waals surface area contributed by atoms with E-state index in [1.54, 1.807) is 18.3 Å². The molecule has 0 saturated heterocycles. The van der Waals surface area contributed by atoms with Gasteiger partial charge in [-0.3, -0.25) is 4.98 Å². The molecule has 110 valence electrons. The average Bonchev–Trinajstić information content (AvgIpc) is 2.45. The number of rotatable bonds is 4. The first-order valence-electron chi connectivity index (χ1n) is 6.07. The van der Waals surface area contributed by atoms with Crippen LogP contribution in [0.25, 0.3) is 0 Å². The van der Waals surface area contributed by atoms with Crippen molar-refractivity contribution in [3.8, 4) is 0 Å². The maximum Gasteiger partial charge on any atom is 0.166 e. The molecule has 1 aromatic heterocycles. The van der Waals surface area contributed by atoms with Crippen molar-refractivity contribution in [3.05, 3.63) is 58.4 Å². The lowest BCUT2D eigenvalue weighted by atomic mass is 10.2. The van der Waals surface area contributed by atoms with E-state index in [2.05, 4.69) is 14.9 Å². The van der Waals surface area contributed by atoms with Crippen molar-refractivity contribution in [1.82, 2.24) is 9.82 Å². The number of hydrogen-bond acceptors (Lipinski definition) is 3. The minimum atomic E-state index is -1.48. The molecule has 2 aromatic rings. The highest BCUT2D eigenvalue weighted by molar-refractivity contribution is 7.83. The minimum Gasteiger partial charge on any atom is -0.263 e. The Balaban J connectivity index is 2.17. The van der Waals surface area contributed by atoms with Crippen molar-refractivity contribution < 1.29 is 4.21 Å². The van der Waals surface area contributed by atoms with E-state index < -0.39 is 11.0 Å². The predicted octanol–water partition coefficient (Wildman–Crippen LogP) is 3.56. The van der Waals surface area contributed by atoms with Gasteiger partial charge in [0.15, 0.2) is 16.2 Å². The van der Waals surface area contributed by atoms with Crippen LogP contribution in [0.1, 0.15) is 16.7 Å². The molecule has 0 saturated carbocycles. The quantitative estimate of drug-likeness (QED) is 0.682. The lowest BCUT2D eigenvalue weighted by Gasteiger charge is -2.06. The molecule has 7 heteroatoms. The number of pyridine rings is 1. The Morgan fingerprint density at radius 3 is 2.52 bits per heavy atom. The maximum absolute atomic E-state index is 12.1. The molecule has 0 radical (unpaired) electrons. The molecule has 1 heterocycles. The van der Waals surface area contributed by atoms with Crippen LogP contribution < -0.4 is 4.83 Å². The summed E-state index contributed by atoms with van der Waals surface area (Å²) >= 11 is 12.2. The molecule has 0 fully saturated rings. The van der Waals surface area contributed by atoms with Crippen LogP contribution in [0.4, 0.5) is 0 Å². The van der Waals surface area contributed by atoms with Crippen molar-refractivity contribution in [2.45, 2.75) is 18.7 Å². The zero-order chi connectivity index (χ0) is 15.4. The van der Waals surface area contributed by atoms with E-state index in [1.165, 1.54) is 6.20 Å². The van der Waals surface area contributed by atoms with Crippen molar-refractivity contribution in [2.24, 2.45) is 5.10 Å². The van der Waals surface area contributed by atoms with Gasteiger partial charge < -0.3 is 0 Å². The van der Waals surface area contributed by atoms with Gasteiger partial charge in [-0.15, -0.1) is 0 Å². The van der Waals surface area contributed by atoms with Crippen LogP contribution in [0.2, 0.25) is 5.02 Å². The summed E-state index contributed by atoms with van der Waals surface area (Å²) in [5.41, 5.74) is 2.46. The zero-order valence-corrected chi connectivity index (χ0v) is 13.8. The minimum absolute atomic E-state index is 0.139. The highest BCUT2D eigenvalue weighted by atomic mass is 35.5. The monoisotopic (exact) mass is 341 g/mol. The largest absolute Gasteiger partial charge is 0.263 e. The topological polar surface area (TPSA) is 54.4 Å². The number of halogens is 2. The van der Waals surface area contributed by atoms with Crippen LogP contribution in [0.5, 0.6) is 0 Å². The number of aryl methyl sites for hydroxylation is 2. The fourth-order valence-electron chi connectivity index (χ4n) is 1.65. The Labute approximate surface area is 135 Å². The van der Waals surface area contributed by atoms with E-state index in [9.17, 15) is 4.21 Å². The lowest BCUT2D eigenvalue weighted by molar-refractivity contribution is 0.675. The molecule has 1 atom stereocenters. The summed E-state index contributed by atoms with van der Waals surface area (Å²) in [4.78, 5) is 7.09. The van der Waals surface area contributed by atoms with Crippen LogP contribution in [0, 0.1) is 13.8 Å². The van der Waals surface area contributed by atoms with E-state index in [0.29, 0.717) is 15.5 Å². The number of hydrazone groups is 1. The Bertz CT molecular complexity index is 682. The van der Waals surface area contributed by atoms with Gasteiger partial charge in [-0.1, -0.05) is 40.9 Å². The Hall–Kier alpha value is -1.43. The van der Waals surface area contributed by atoms with Gasteiger partial charge in [-0.25, -0.2) is 9.04 Å². The molecule has 0 amide bonds. The number of benzene rings is 1. The summed E-state index contributed by atoms with van der Waals surface area (Å²) in [6.45, 7) is 3.78. The molecule has 1 N–H and O–H groups in total. The van der Waals surface area contributed by atoms with Gasteiger partial charge >= 0.3 is 0 Å². The SMILES string of the molecule is Cc1ccc(S(=O)N/N=C(\Cl)c2c(C)cncc2Cl)cc1. The summed E-state index contributed by atoms with van der Waals surface area (Å²) < 4.78 is 12.1. The molecular weight excluding hydrogens is 329 g/mol. The Morgan fingerprint density at radius 1 is 1.24 bits per heavy atom. The molecule has 21 heavy (non-hydrogen) atoms. The summed E-state index contributed by atoms with van der Waals surface area (Å²) in [6.07, 6.45) is 3.12. The second-order valence-corrected chi connectivity index (χ2v) is 6.35. The number of hydrogen-bond donors (Lipinski definition) is 1. The van der Waals surface area contributed by atoms with Crippen LogP contribution in [-0.4, -0.2) is 14.4 Å².